The van der Waals surface area contributed by atoms with Crippen molar-refractivity contribution in [3.8, 4) is 0 Å². The molecule has 32 heavy (non-hydrogen) atoms. The molecule has 0 spiro atoms. The normalized spacial score (nSPS) is 14.6. The van der Waals surface area contributed by atoms with E-state index in [-0.39, 0.29) is 5.91 Å². The van der Waals surface area contributed by atoms with E-state index in [1.807, 2.05) is 36.4 Å². The molecule has 2 heterocycles. The summed E-state index contributed by atoms with van der Waals surface area (Å²) >= 11 is 0. The predicted octanol–water partition coefficient (Wildman–Crippen LogP) is 3.76. The van der Waals surface area contributed by atoms with E-state index in [0.717, 1.165) is 49.2 Å². The van der Waals surface area contributed by atoms with Gasteiger partial charge in [0.15, 0.2) is 0 Å². The molecule has 4 aromatic rings. The molecule has 0 saturated carbocycles. The van der Waals surface area contributed by atoms with Crippen LogP contribution >= 0.6 is 0 Å². The number of carbonyl (C=O) groups excluding carboxylic acids is 1. The Hall–Kier alpha value is -3.64. The van der Waals surface area contributed by atoms with Gasteiger partial charge in [0.05, 0.1) is 17.3 Å². The van der Waals surface area contributed by atoms with Gasteiger partial charge in [0.2, 0.25) is 0 Å². The van der Waals surface area contributed by atoms with E-state index in [4.69, 9.17) is 0 Å². The Kier molecular flexibility index (Phi) is 5.60. The van der Waals surface area contributed by atoms with Gasteiger partial charge in [-0.1, -0.05) is 48.5 Å². The highest BCUT2D eigenvalue weighted by Crippen LogP contribution is 2.23. The average Bonchev–Trinajstić information content (AvgIpc) is 3.22. The van der Waals surface area contributed by atoms with Gasteiger partial charge in [0.25, 0.3) is 5.91 Å². The smallest absolute Gasteiger partial charge is 0.273 e. The van der Waals surface area contributed by atoms with Crippen LogP contribution in [0.15, 0.2) is 79.0 Å². The topological polar surface area (TPSA) is 53.4 Å². The summed E-state index contributed by atoms with van der Waals surface area (Å²) in [7, 11) is 2.13. The number of benzene rings is 3. The van der Waals surface area contributed by atoms with Crippen molar-refractivity contribution in [1.82, 2.24) is 14.8 Å². The molecule has 6 nitrogen and oxygen atoms in total. The molecule has 1 aliphatic heterocycles. The third-order valence-corrected chi connectivity index (χ3v) is 6.08. The maximum Gasteiger partial charge on any atom is 0.273 e. The van der Waals surface area contributed by atoms with E-state index in [1.165, 1.54) is 11.1 Å². The molecule has 0 radical (unpaired) electrons. The van der Waals surface area contributed by atoms with E-state index in [0.29, 0.717) is 5.56 Å². The van der Waals surface area contributed by atoms with E-state index < -0.39 is 0 Å². The molecule has 1 N–H and O–H groups in total. The van der Waals surface area contributed by atoms with E-state index >= 15 is 0 Å². The summed E-state index contributed by atoms with van der Waals surface area (Å²) in [5, 5.41) is 5.43. The fraction of sp³-hybridized carbons (Fsp3) is 0.231. The Morgan fingerprint density at radius 3 is 2.47 bits per heavy atom. The van der Waals surface area contributed by atoms with Gasteiger partial charge in [-0.3, -0.25) is 4.79 Å². The highest BCUT2D eigenvalue weighted by Gasteiger charge is 2.20. The summed E-state index contributed by atoms with van der Waals surface area (Å²) in [6.07, 6.45) is 2.67. The van der Waals surface area contributed by atoms with Crippen LogP contribution in [-0.4, -0.2) is 53.9 Å². The first-order chi connectivity index (χ1) is 15.7. The van der Waals surface area contributed by atoms with Crippen molar-refractivity contribution in [1.29, 1.82) is 0 Å². The largest absolute Gasteiger partial charge is 0.368 e. The third kappa shape index (κ3) is 4.22. The third-order valence-electron chi connectivity index (χ3n) is 6.08. The summed E-state index contributed by atoms with van der Waals surface area (Å²) < 4.78 is 0. The average molecular weight is 426 g/mol. The Labute approximate surface area is 188 Å². The zero-order chi connectivity index (χ0) is 21.9. The van der Waals surface area contributed by atoms with Crippen LogP contribution in [0.1, 0.15) is 21.5 Å². The van der Waals surface area contributed by atoms with Crippen molar-refractivity contribution in [2.24, 2.45) is 0 Å². The molecule has 1 amide bonds. The first-order valence-electron chi connectivity index (χ1n) is 11.0. The maximum absolute atomic E-state index is 13.2. The molecule has 3 aromatic carbocycles. The number of hydrogen-bond acceptors (Lipinski definition) is 4. The van der Waals surface area contributed by atoms with Gasteiger partial charge in [-0.15, -0.1) is 0 Å². The highest BCUT2D eigenvalue weighted by atomic mass is 16.2. The molecule has 1 aromatic heterocycles. The Morgan fingerprint density at radius 2 is 1.66 bits per heavy atom. The number of likely N-dealkylation sites (N-methyl/N-ethyl adjacent to an activating group) is 1. The van der Waals surface area contributed by atoms with E-state index in [2.05, 4.69) is 63.8 Å². The molecular formula is C26H27N5O. The fourth-order valence-corrected chi connectivity index (χ4v) is 4.26. The molecule has 0 bridgehead atoms. The van der Waals surface area contributed by atoms with Crippen molar-refractivity contribution < 1.29 is 4.79 Å². The number of carbonyl (C=O) groups is 1. The number of nitrogens with zero attached hydrogens (tertiary/aromatic N) is 4. The second-order valence-corrected chi connectivity index (χ2v) is 8.36. The van der Waals surface area contributed by atoms with Crippen LogP contribution in [0.2, 0.25) is 0 Å². The zero-order valence-corrected chi connectivity index (χ0v) is 18.2. The van der Waals surface area contributed by atoms with Gasteiger partial charge in [-0.05, 0) is 48.9 Å². The van der Waals surface area contributed by atoms with Crippen LogP contribution in [-0.2, 0) is 6.42 Å². The quantitative estimate of drug-likeness (QED) is 0.529. The van der Waals surface area contributed by atoms with Gasteiger partial charge in [0.1, 0.15) is 0 Å². The lowest BCUT2D eigenvalue weighted by Gasteiger charge is -2.34. The molecule has 0 unspecified atom stereocenters. The second kappa shape index (κ2) is 8.85. The summed E-state index contributed by atoms with van der Waals surface area (Å²) in [5.41, 5.74) is 7.98. The first-order valence-corrected chi connectivity index (χ1v) is 11.0. The standard InChI is InChI=1S/C26H27N5O/c1-29-13-15-30(16-14-29)25-10-6-5-9-23(25)26(32)28-31-24-12-11-21(18-22(24)19-27-31)17-20-7-3-2-4-8-20/h2-12,18-19H,13-17H2,1H3,(H,28,32). The lowest BCUT2D eigenvalue weighted by atomic mass is 10.0. The maximum atomic E-state index is 13.2. The summed E-state index contributed by atoms with van der Waals surface area (Å²) in [5.74, 6) is -0.155. The Balaban J connectivity index is 1.35. The number of nitrogens with one attached hydrogen (secondary N) is 1. The van der Waals surface area contributed by atoms with Crippen molar-refractivity contribution in [2.75, 3.05) is 43.6 Å². The molecule has 6 heteroatoms. The molecule has 0 aliphatic carbocycles. The van der Waals surface area contributed by atoms with Crippen molar-refractivity contribution >= 4 is 22.5 Å². The number of para-hydroxylation sites is 1. The first kappa shape index (κ1) is 20.3. The lowest BCUT2D eigenvalue weighted by molar-refractivity contribution is 0.101. The van der Waals surface area contributed by atoms with Crippen molar-refractivity contribution in [3.05, 3.63) is 95.7 Å². The Bertz CT molecular complexity index is 1230. The number of rotatable bonds is 5. The number of fused-ring (bicyclic) bond motifs is 1. The fourth-order valence-electron chi connectivity index (χ4n) is 4.26. The molecule has 1 saturated heterocycles. The van der Waals surface area contributed by atoms with Crippen molar-refractivity contribution in [3.63, 3.8) is 0 Å². The van der Waals surface area contributed by atoms with Gasteiger partial charge in [-0.25, -0.2) is 5.43 Å². The summed E-state index contributed by atoms with van der Waals surface area (Å²) in [6.45, 7) is 3.81. The lowest BCUT2D eigenvalue weighted by Crippen LogP contribution is -2.45. The van der Waals surface area contributed by atoms with Crippen LogP contribution in [0.3, 0.4) is 0 Å². The van der Waals surface area contributed by atoms with Gasteiger partial charge in [0, 0.05) is 37.3 Å². The van der Waals surface area contributed by atoms with Gasteiger partial charge >= 0.3 is 0 Å². The number of anilines is 1. The zero-order valence-electron chi connectivity index (χ0n) is 18.2. The summed E-state index contributed by atoms with van der Waals surface area (Å²) in [4.78, 5) is 19.3. The monoisotopic (exact) mass is 425 g/mol. The minimum Gasteiger partial charge on any atom is -0.368 e. The molecule has 1 fully saturated rings. The number of amides is 1. The minimum absolute atomic E-state index is 0.155. The molecular weight excluding hydrogens is 398 g/mol. The van der Waals surface area contributed by atoms with Crippen LogP contribution in [0, 0.1) is 0 Å². The van der Waals surface area contributed by atoms with Crippen LogP contribution < -0.4 is 10.3 Å². The van der Waals surface area contributed by atoms with Crippen molar-refractivity contribution in [2.45, 2.75) is 6.42 Å². The van der Waals surface area contributed by atoms with Crippen LogP contribution in [0.25, 0.3) is 10.9 Å². The van der Waals surface area contributed by atoms with Gasteiger partial charge in [-0.2, -0.15) is 9.89 Å². The molecule has 0 atom stereocenters. The second-order valence-electron chi connectivity index (χ2n) is 8.36. The minimum atomic E-state index is -0.155. The van der Waals surface area contributed by atoms with E-state index in [1.54, 1.807) is 11.0 Å². The molecule has 162 valence electrons. The number of hydrogen-bond donors (Lipinski definition) is 1. The number of aromatic nitrogens is 2. The highest BCUT2D eigenvalue weighted by molar-refractivity contribution is 6.05. The predicted molar refractivity (Wildman–Crippen MR) is 129 cm³/mol. The Morgan fingerprint density at radius 1 is 0.906 bits per heavy atom. The SMILES string of the molecule is CN1CCN(c2ccccc2C(=O)Nn2ncc3cc(Cc4ccccc4)ccc32)CC1. The molecule has 5 rings (SSSR count). The van der Waals surface area contributed by atoms with Gasteiger partial charge < -0.3 is 9.80 Å². The molecule has 1 aliphatic rings. The summed E-state index contributed by atoms with van der Waals surface area (Å²) in [6, 6.07) is 24.5. The van der Waals surface area contributed by atoms with E-state index in [9.17, 15) is 4.79 Å². The van der Waals surface area contributed by atoms with Crippen LogP contribution in [0.5, 0.6) is 0 Å². The number of piperazine rings is 1. The van der Waals surface area contributed by atoms with Crippen LogP contribution in [0.4, 0.5) is 5.69 Å².